The second-order valence-electron chi connectivity index (χ2n) is 6.32. The van der Waals surface area contributed by atoms with Gasteiger partial charge in [0, 0.05) is 17.5 Å². The Morgan fingerprint density at radius 2 is 1.64 bits per heavy atom. The Hall–Kier alpha value is -3.14. The molecule has 2 atom stereocenters. The number of halogens is 3. The van der Waals surface area contributed by atoms with Crippen LogP contribution in [-0.4, -0.2) is 25.0 Å². The zero-order valence-corrected chi connectivity index (χ0v) is 15.3. The number of Topliss-reactive ketones (excluding diaryl/α,β-unsaturated/α-hetero) is 1. The van der Waals surface area contributed by atoms with E-state index in [4.69, 9.17) is 6.57 Å². The lowest BCUT2D eigenvalue weighted by molar-refractivity contribution is -0.197. The normalized spacial score (nSPS) is 14.4. The van der Waals surface area contributed by atoms with Gasteiger partial charge in [-0.05, 0) is 6.92 Å². The molecule has 0 N–H and O–H groups in total. The van der Waals surface area contributed by atoms with Gasteiger partial charge in [-0.15, -0.1) is 0 Å². The van der Waals surface area contributed by atoms with E-state index in [1.165, 1.54) is 36.4 Å². The first-order valence-corrected chi connectivity index (χ1v) is 8.36. The van der Waals surface area contributed by atoms with Gasteiger partial charge in [-0.2, -0.15) is 13.2 Å². The molecule has 0 heterocycles. The van der Waals surface area contributed by atoms with Crippen molar-refractivity contribution in [3.8, 4) is 0 Å². The maximum absolute atomic E-state index is 14.0. The van der Waals surface area contributed by atoms with Gasteiger partial charge in [-0.25, -0.2) is 11.4 Å². The lowest BCUT2D eigenvalue weighted by Crippen LogP contribution is -2.48. The number of hydrogen-bond donors (Lipinski definition) is 0. The molecule has 0 radical (unpaired) electrons. The van der Waals surface area contributed by atoms with E-state index in [-0.39, 0.29) is 11.1 Å². The minimum Gasteiger partial charge on any atom is -0.463 e. The van der Waals surface area contributed by atoms with Crippen LogP contribution in [0.1, 0.15) is 27.9 Å². The van der Waals surface area contributed by atoms with Gasteiger partial charge in [-0.3, -0.25) is 9.64 Å². The first-order valence-electron chi connectivity index (χ1n) is 8.36. The van der Waals surface area contributed by atoms with Crippen molar-refractivity contribution in [1.82, 2.24) is 0 Å². The molecule has 4 nitrogen and oxygen atoms in total. The van der Waals surface area contributed by atoms with Crippen molar-refractivity contribution in [2.45, 2.75) is 25.1 Å². The number of hydrogen-bond acceptors (Lipinski definition) is 3. The van der Waals surface area contributed by atoms with Gasteiger partial charge in [0.05, 0.1) is 7.11 Å². The highest BCUT2D eigenvalue weighted by Crippen LogP contribution is 2.47. The van der Waals surface area contributed by atoms with Crippen LogP contribution in [0.15, 0.2) is 54.6 Å². The summed E-state index contributed by atoms with van der Waals surface area (Å²) in [5, 5.41) is 0. The Labute approximate surface area is 160 Å². The van der Waals surface area contributed by atoms with Crippen LogP contribution < -0.4 is 0 Å². The van der Waals surface area contributed by atoms with Gasteiger partial charge in [0.15, 0.2) is 11.7 Å². The molecule has 2 aromatic carbocycles. The van der Waals surface area contributed by atoms with Crippen molar-refractivity contribution >= 4 is 11.8 Å². The maximum Gasteiger partial charge on any atom is 0.401 e. The van der Waals surface area contributed by atoms with E-state index in [0.29, 0.717) is 0 Å². The quantitative estimate of drug-likeness (QED) is 0.408. The fourth-order valence-electron chi connectivity index (χ4n) is 3.04. The summed E-state index contributed by atoms with van der Waals surface area (Å²) in [6, 6.07) is 13.0. The van der Waals surface area contributed by atoms with Gasteiger partial charge in [-0.1, -0.05) is 60.2 Å². The number of ether oxygens (including phenoxy) is 1. The molecule has 28 heavy (non-hydrogen) atoms. The number of benzene rings is 2. The van der Waals surface area contributed by atoms with Crippen LogP contribution in [0.25, 0.3) is 4.85 Å². The lowest BCUT2D eigenvalue weighted by Gasteiger charge is -2.29. The Morgan fingerprint density at radius 1 is 1.07 bits per heavy atom. The first-order chi connectivity index (χ1) is 13.2. The van der Waals surface area contributed by atoms with Gasteiger partial charge >= 0.3 is 17.7 Å². The molecular weight excluding hydrogens is 371 g/mol. The third-order valence-electron chi connectivity index (χ3n) is 4.55. The molecule has 7 heteroatoms. The molecule has 0 saturated carbocycles. The third kappa shape index (κ3) is 4.06. The van der Waals surface area contributed by atoms with Crippen LogP contribution in [0, 0.1) is 19.4 Å². The Bertz CT molecular complexity index is 886. The highest BCUT2D eigenvalue weighted by Gasteiger charge is 2.66. The van der Waals surface area contributed by atoms with Crippen LogP contribution in [0.2, 0.25) is 0 Å². The highest BCUT2D eigenvalue weighted by molar-refractivity contribution is 5.97. The van der Waals surface area contributed by atoms with Crippen molar-refractivity contribution in [2.24, 2.45) is 5.92 Å². The van der Waals surface area contributed by atoms with Crippen LogP contribution in [0.4, 0.5) is 13.2 Å². The summed E-state index contributed by atoms with van der Waals surface area (Å²) >= 11 is 0. The fourth-order valence-corrected chi connectivity index (χ4v) is 3.04. The molecular formula is C21H18F3NO3. The number of rotatable bonds is 6. The predicted molar refractivity (Wildman–Crippen MR) is 96.4 cm³/mol. The summed E-state index contributed by atoms with van der Waals surface area (Å²) in [7, 11) is 0.917. The SMILES string of the molecule is [C-]#[N+][C@@](C(=O)OC)(c1ccccc1)[C@H](CC(=O)c1ccc(C)cc1)C(F)(F)F. The van der Waals surface area contributed by atoms with E-state index < -0.39 is 35.8 Å². The number of ketones is 1. The number of carbonyl (C=O) groups excluding carboxylic acids is 2. The van der Waals surface area contributed by atoms with Crippen molar-refractivity contribution in [3.63, 3.8) is 0 Å². The Morgan fingerprint density at radius 3 is 2.11 bits per heavy atom. The van der Waals surface area contributed by atoms with Crippen LogP contribution in [0.3, 0.4) is 0 Å². The molecule has 0 aliphatic carbocycles. The number of methoxy groups -OCH3 is 1. The molecule has 0 aliphatic heterocycles. The topological polar surface area (TPSA) is 47.7 Å². The zero-order valence-electron chi connectivity index (χ0n) is 15.3. The number of alkyl halides is 3. The van der Waals surface area contributed by atoms with Crippen LogP contribution in [0.5, 0.6) is 0 Å². The summed E-state index contributed by atoms with van der Waals surface area (Å²) < 4.78 is 46.6. The summed E-state index contributed by atoms with van der Waals surface area (Å²) in [6.07, 6.45) is -6.05. The molecule has 0 aromatic heterocycles. The van der Waals surface area contributed by atoms with E-state index in [0.717, 1.165) is 12.7 Å². The molecule has 2 rings (SSSR count). The fraction of sp³-hybridized carbons (Fsp3) is 0.286. The maximum atomic E-state index is 14.0. The summed E-state index contributed by atoms with van der Waals surface area (Å²) in [5.74, 6) is -4.73. The second kappa shape index (κ2) is 8.26. The first kappa shape index (κ1) is 21.2. The Balaban J connectivity index is 2.59. The number of aryl methyl sites for hydroxylation is 1. The molecule has 0 bridgehead atoms. The standard InChI is InChI=1S/C21H18F3NO3/c1-14-9-11-15(12-10-14)17(26)13-18(21(22,23)24)20(25-2,19(27)28-3)16-7-5-4-6-8-16/h4-12,18H,13H2,1,3H3/t18-,20-/m0/s1. The van der Waals surface area contributed by atoms with Gasteiger partial charge in [0.25, 0.3) is 0 Å². The van der Waals surface area contributed by atoms with E-state index in [9.17, 15) is 22.8 Å². The van der Waals surface area contributed by atoms with Crippen molar-refractivity contribution < 1.29 is 27.5 Å². The van der Waals surface area contributed by atoms with Crippen molar-refractivity contribution in [2.75, 3.05) is 7.11 Å². The molecule has 0 spiro atoms. The van der Waals surface area contributed by atoms with E-state index in [1.54, 1.807) is 25.1 Å². The molecule has 0 saturated heterocycles. The minimum absolute atomic E-state index is 0.0802. The van der Waals surface area contributed by atoms with Crippen LogP contribution in [-0.2, 0) is 15.1 Å². The molecule has 0 fully saturated rings. The molecule has 0 amide bonds. The molecule has 0 aliphatic rings. The third-order valence-corrected chi connectivity index (χ3v) is 4.55. The van der Waals surface area contributed by atoms with Gasteiger partial charge < -0.3 is 4.74 Å². The summed E-state index contributed by atoms with van der Waals surface area (Å²) in [5.41, 5.74) is -1.96. The lowest BCUT2D eigenvalue weighted by atomic mass is 9.75. The average molecular weight is 389 g/mol. The van der Waals surface area contributed by atoms with E-state index in [1.807, 2.05) is 0 Å². The smallest absolute Gasteiger partial charge is 0.401 e. The molecule has 146 valence electrons. The second-order valence-corrected chi connectivity index (χ2v) is 6.32. The molecule has 0 unspecified atom stereocenters. The van der Waals surface area contributed by atoms with Crippen LogP contribution >= 0.6 is 0 Å². The van der Waals surface area contributed by atoms with Gasteiger partial charge in [0.2, 0.25) is 0 Å². The van der Waals surface area contributed by atoms with Crippen molar-refractivity contribution in [1.29, 1.82) is 0 Å². The highest BCUT2D eigenvalue weighted by atomic mass is 19.4. The predicted octanol–water partition coefficient (Wildman–Crippen LogP) is 4.73. The summed E-state index contributed by atoms with van der Waals surface area (Å²) in [4.78, 5) is 28.1. The van der Waals surface area contributed by atoms with Gasteiger partial charge in [0.1, 0.15) is 0 Å². The Kier molecular flexibility index (Phi) is 6.24. The monoisotopic (exact) mass is 389 g/mol. The summed E-state index contributed by atoms with van der Waals surface area (Å²) in [6.45, 7) is 9.26. The number of esters is 1. The largest absolute Gasteiger partial charge is 0.463 e. The van der Waals surface area contributed by atoms with Crippen molar-refractivity contribution in [3.05, 3.63) is 82.7 Å². The zero-order chi connectivity index (χ0) is 20.9. The number of carbonyl (C=O) groups is 2. The molecule has 2 aromatic rings. The van der Waals surface area contributed by atoms with E-state index in [2.05, 4.69) is 9.58 Å². The van der Waals surface area contributed by atoms with E-state index >= 15 is 0 Å². The number of nitrogens with zero attached hydrogens (tertiary/aromatic N) is 1. The average Bonchev–Trinajstić information content (AvgIpc) is 2.68. The minimum atomic E-state index is -4.99.